The lowest BCUT2D eigenvalue weighted by molar-refractivity contribution is 0.0982. The summed E-state index contributed by atoms with van der Waals surface area (Å²) in [6.45, 7) is 15.3. The van der Waals surface area contributed by atoms with Gasteiger partial charge in [0.05, 0.1) is 11.1 Å². The van der Waals surface area contributed by atoms with Crippen molar-refractivity contribution >= 4 is 52.3 Å². The van der Waals surface area contributed by atoms with Gasteiger partial charge in [-0.3, -0.25) is 4.90 Å². The third-order valence-corrected chi connectivity index (χ3v) is 13.0. The Morgan fingerprint density at radius 1 is 0.886 bits per heavy atom. The average molecular weight is 615 g/mol. The van der Waals surface area contributed by atoms with Gasteiger partial charge in [-0.05, 0) is 75.2 Å². The number of nitrogens with one attached hydrogen (secondary N) is 3. The number of para-hydroxylation sites is 1. The summed E-state index contributed by atoms with van der Waals surface area (Å²) >= 11 is 0. The smallest absolute Gasteiger partial charge is 0.231 e. The number of piperidine rings is 1. The van der Waals surface area contributed by atoms with E-state index in [-0.39, 0.29) is 0 Å². The van der Waals surface area contributed by atoms with Gasteiger partial charge in [0.25, 0.3) is 0 Å². The predicted octanol–water partition coefficient (Wildman–Crippen LogP) is 6.31. The summed E-state index contributed by atoms with van der Waals surface area (Å²) in [4.78, 5) is 20.7. The quantitative estimate of drug-likeness (QED) is 0.189. The summed E-state index contributed by atoms with van der Waals surface area (Å²) < 4.78 is 13.7. The van der Waals surface area contributed by atoms with E-state index in [0.29, 0.717) is 30.1 Å². The molecule has 2 aromatic carbocycles. The van der Waals surface area contributed by atoms with Crippen LogP contribution < -0.4 is 20.8 Å². The first-order valence-corrected chi connectivity index (χ1v) is 18.2. The normalized spacial score (nSPS) is 17.3. The second kappa shape index (κ2) is 12.9. The number of likely N-dealkylation sites (N-methyl/N-ethyl adjacent to an activating group) is 1. The van der Waals surface area contributed by atoms with E-state index < -0.39 is 7.14 Å². The molecule has 4 heterocycles. The van der Waals surface area contributed by atoms with Crippen LogP contribution in [0.4, 0.5) is 28.8 Å². The van der Waals surface area contributed by atoms with Crippen LogP contribution in [0.3, 0.4) is 0 Å². The highest BCUT2D eigenvalue weighted by Crippen LogP contribution is 2.46. The van der Waals surface area contributed by atoms with E-state index in [2.05, 4.69) is 63.3 Å². The largest absolute Gasteiger partial charge is 0.371 e. The first kappa shape index (κ1) is 30.6. The summed E-state index contributed by atoms with van der Waals surface area (Å²) in [6.07, 6.45) is 5.57. The van der Waals surface area contributed by atoms with Gasteiger partial charge in [-0.15, -0.1) is 0 Å². The molecule has 0 radical (unpaired) electrons. The molecular formula is C34H47N8OP. The molecule has 2 aliphatic heterocycles. The summed E-state index contributed by atoms with van der Waals surface area (Å²) in [7, 11) is -0.274. The maximum Gasteiger partial charge on any atom is 0.231 e. The zero-order chi connectivity index (χ0) is 30.8. The monoisotopic (exact) mass is 614 g/mol. The molecule has 2 aliphatic rings. The van der Waals surface area contributed by atoms with Gasteiger partial charge in [-0.25, -0.2) is 0 Å². The Kier molecular flexibility index (Phi) is 8.99. The molecule has 0 saturated carbocycles. The molecule has 44 heavy (non-hydrogen) atoms. The van der Waals surface area contributed by atoms with Crippen LogP contribution in [-0.2, 0) is 4.57 Å². The highest BCUT2D eigenvalue weighted by atomic mass is 31.2. The molecule has 9 nitrogen and oxygen atoms in total. The maximum atomic E-state index is 13.7. The van der Waals surface area contributed by atoms with E-state index in [4.69, 9.17) is 9.97 Å². The van der Waals surface area contributed by atoms with Gasteiger partial charge in [0.2, 0.25) is 5.95 Å². The van der Waals surface area contributed by atoms with Crippen LogP contribution in [-0.4, -0.2) is 89.4 Å². The fourth-order valence-corrected chi connectivity index (χ4v) is 8.83. The molecular weight excluding hydrogens is 567 g/mol. The van der Waals surface area contributed by atoms with E-state index in [1.807, 2.05) is 50.4 Å². The molecule has 0 unspecified atom stereocenters. The number of piperazine rings is 1. The molecule has 3 N–H and O–H groups in total. The number of benzene rings is 2. The SMILES string of the molecule is CCP(=O)(CC)c1ccccc1Nc1nc(Nc2cc(C)c(N3CCC(N4CCN(C)CC4)CC3)cc2C)nc2[nH]ccc12. The molecule has 2 fully saturated rings. The molecule has 0 spiro atoms. The summed E-state index contributed by atoms with van der Waals surface area (Å²) in [6, 6.07) is 15.1. The lowest BCUT2D eigenvalue weighted by atomic mass is 9.99. The van der Waals surface area contributed by atoms with Crippen LogP contribution in [0, 0.1) is 13.8 Å². The van der Waals surface area contributed by atoms with Gasteiger partial charge in [0, 0.05) is 80.5 Å². The topological polar surface area (TPSA) is 92.4 Å². The predicted molar refractivity (Wildman–Crippen MR) is 185 cm³/mol. The summed E-state index contributed by atoms with van der Waals surface area (Å²) in [5.74, 6) is 1.19. The molecule has 0 amide bonds. The molecule has 2 aromatic heterocycles. The third-order valence-electron chi connectivity index (χ3n) is 9.68. The van der Waals surface area contributed by atoms with Crippen LogP contribution in [0.5, 0.6) is 0 Å². The molecule has 0 atom stereocenters. The Labute approximate surface area is 261 Å². The minimum atomic E-state index is -2.50. The van der Waals surface area contributed by atoms with Gasteiger partial charge in [-0.1, -0.05) is 26.0 Å². The van der Waals surface area contributed by atoms with Crippen molar-refractivity contribution in [3.8, 4) is 0 Å². The zero-order valence-corrected chi connectivity index (χ0v) is 27.8. The Balaban J connectivity index is 1.21. The van der Waals surface area contributed by atoms with Gasteiger partial charge < -0.3 is 30.0 Å². The van der Waals surface area contributed by atoms with E-state index in [0.717, 1.165) is 46.4 Å². The van der Waals surface area contributed by atoms with Crippen LogP contribution >= 0.6 is 7.14 Å². The minimum absolute atomic E-state index is 0.511. The fraction of sp³-hybridized carbons (Fsp3) is 0.471. The standard InChI is InChI=1S/C34H47N8OP/c1-6-44(43,7-2)31-11-9-8-10-28(31)36-33-27-12-15-35-32(27)38-34(39-33)37-29-22-25(4)30(23-24(29)3)42-16-13-26(14-17-42)41-20-18-40(5)19-21-41/h8-12,15,22-23,26H,6-7,13-14,16-21H2,1-5H3,(H3,35,36,37,38,39). The van der Waals surface area contributed by atoms with Gasteiger partial charge in [0.15, 0.2) is 0 Å². The van der Waals surface area contributed by atoms with Gasteiger partial charge in [-0.2, -0.15) is 9.97 Å². The Hall–Kier alpha value is -3.39. The number of aromatic nitrogens is 3. The number of H-pyrrole nitrogens is 1. The lowest BCUT2D eigenvalue weighted by Crippen LogP contribution is -2.52. The van der Waals surface area contributed by atoms with Crippen molar-refractivity contribution in [1.29, 1.82) is 0 Å². The van der Waals surface area contributed by atoms with Gasteiger partial charge in [0.1, 0.15) is 18.6 Å². The van der Waals surface area contributed by atoms with E-state index in [1.54, 1.807) is 0 Å². The Morgan fingerprint density at radius 3 is 2.34 bits per heavy atom. The maximum absolute atomic E-state index is 13.7. The van der Waals surface area contributed by atoms with Crippen molar-refractivity contribution in [2.45, 2.75) is 46.6 Å². The minimum Gasteiger partial charge on any atom is -0.371 e. The van der Waals surface area contributed by atoms with Crippen LogP contribution in [0.25, 0.3) is 11.0 Å². The number of nitrogens with zero attached hydrogens (tertiary/aromatic N) is 5. The molecule has 6 rings (SSSR count). The fourth-order valence-electron chi connectivity index (χ4n) is 6.77. The number of aryl methyl sites for hydroxylation is 2. The second-order valence-corrected chi connectivity index (χ2v) is 16.0. The molecule has 234 valence electrons. The lowest BCUT2D eigenvalue weighted by Gasteiger charge is -2.43. The molecule has 2 saturated heterocycles. The molecule has 0 bridgehead atoms. The molecule has 10 heteroatoms. The molecule has 4 aromatic rings. The Morgan fingerprint density at radius 2 is 1.61 bits per heavy atom. The van der Waals surface area contributed by atoms with Crippen molar-refractivity contribution in [2.75, 3.05) is 74.2 Å². The number of hydrogen-bond donors (Lipinski definition) is 3. The van der Waals surface area contributed by atoms with Crippen LogP contribution in [0.15, 0.2) is 48.7 Å². The van der Waals surface area contributed by atoms with Crippen molar-refractivity contribution in [3.05, 3.63) is 59.8 Å². The first-order chi connectivity index (χ1) is 21.3. The van der Waals surface area contributed by atoms with Gasteiger partial charge >= 0.3 is 0 Å². The van der Waals surface area contributed by atoms with Crippen molar-refractivity contribution < 1.29 is 4.57 Å². The van der Waals surface area contributed by atoms with E-state index >= 15 is 0 Å². The number of fused-ring (bicyclic) bond motifs is 1. The highest BCUT2D eigenvalue weighted by Gasteiger charge is 2.28. The van der Waals surface area contributed by atoms with Crippen molar-refractivity contribution in [3.63, 3.8) is 0 Å². The highest BCUT2D eigenvalue weighted by molar-refractivity contribution is 7.71. The van der Waals surface area contributed by atoms with Crippen LogP contribution in [0.2, 0.25) is 0 Å². The second-order valence-electron chi connectivity index (χ2n) is 12.4. The van der Waals surface area contributed by atoms with E-state index in [9.17, 15) is 4.57 Å². The van der Waals surface area contributed by atoms with Crippen LogP contribution in [0.1, 0.15) is 37.8 Å². The number of anilines is 5. The zero-order valence-electron chi connectivity index (χ0n) is 26.9. The average Bonchev–Trinajstić information content (AvgIpc) is 3.52. The summed E-state index contributed by atoms with van der Waals surface area (Å²) in [5, 5.41) is 8.78. The number of rotatable bonds is 9. The van der Waals surface area contributed by atoms with Crippen molar-refractivity contribution in [1.82, 2.24) is 24.8 Å². The van der Waals surface area contributed by atoms with E-state index in [1.165, 1.54) is 50.3 Å². The van der Waals surface area contributed by atoms with Crippen molar-refractivity contribution in [2.24, 2.45) is 0 Å². The third kappa shape index (κ3) is 6.23. The summed E-state index contributed by atoms with van der Waals surface area (Å²) in [5.41, 5.74) is 6.30. The Bertz CT molecular complexity index is 1640. The molecule has 0 aliphatic carbocycles. The number of hydrogen-bond acceptors (Lipinski definition) is 8. The first-order valence-electron chi connectivity index (χ1n) is 16.1. The number of aromatic amines is 1.